The quantitative estimate of drug-likeness (QED) is 0.283. The van der Waals surface area contributed by atoms with Gasteiger partial charge in [0.25, 0.3) is 0 Å². The number of nitrogens with zero attached hydrogens (tertiary/aromatic N) is 1. The van der Waals surface area contributed by atoms with Gasteiger partial charge < -0.3 is 20.2 Å². The highest BCUT2D eigenvalue weighted by Crippen LogP contribution is 2.39. The molecule has 1 saturated heterocycles. The third-order valence-electron chi connectivity index (χ3n) is 6.71. The number of benzene rings is 4. The molecule has 5 nitrogen and oxygen atoms in total. The van der Waals surface area contributed by atoms with E-state index in [1.54, 1.807) is 53.4 Å². The summed E-state index contributed by atoms with van der Waals surface area (Å²) in [6.07, 6.45) is 0.187. The number of aliphatic hydroxyl groups is 1. The van der Waals surface area contributed by atoms with Gasteiger partial charge in [-0.05, 0) is 59.9 Å². The van der Waals surface area contributed by atoms with Crippen LogP contribution >= 0.6 is 0 Å². The van der Waals surface area contributed by atoms with Gasteiger partial charge in [-0.1, -0.05) is 54.6 Å². The van der Waals surface area contributed by atoms with Gasteiger partial charge in [-0.3, -0.25) is 4.79 Å². The second-order valence-corrected chi connectivity index (χ2v) is 8.96. The summed E-state index contributed by atoms with van der Waals surface area (Å²) >= 11 is 0. The molecule has 1 heterocycles. The van der Waals surface area contributed by atoms with Crippen LogP contribution in [0.2, 0.25) is 0 Å². The molecule has 4 aromatic carbocycles. The predicted octanol–water partition coefficient (Wildman–Crippen LogP) is 5.97. The highest BCUT2D eigenvalue weighted by Gasteiger charge is 2.26. The molecule has 1 aliphatic heterocycles. The summed E-state index contributed by atoms with van der Waals surface area (Å²) in [4.78, 5) is 13.7. The summed E-state index contributed by atoms with van der Waals surface area (Å²) in [7, 11) is 0. The molecule has 6 heteroatoms. The van der Waals surface area contributed by atoms with Crippen LogP contribution in [0, 0.1) is 5.82 Å². The minimum Gasteiger partial charge on any atom is -0.507 e. The van der Waals surface area contributed by atoms with Crippen molar-refractivity contribution in [1.29, 1.82) is 0 Å². The smallest absolute Gasteiger partial charge is 0.228 e. The van der Waals surface area contributed by atoms with Gasteiger partial charge in [-0.2, -0.15) is 0 Å². The van der Waals surface area contributed by atoms with Gasteiger partial charge in [-0.15, -0.1) is 0 Å². The van der Waals surface area contributed by atoms with Gasteiger partial charge in [0.2, 0.25) is 5.91 Å². The number of aliphatic hydroxyl groups excluding tert-OH is 1. The fourth-order valence-electron chi connectivity index (χ4n) is 4.64. The van der Waals surface area contributed by atoms with Crippen molar-refractivity contribution in [3.63, 3.8) is 0 Å². The Morgan fingerprint density at radius 1 is 0.833 bits per heavy atom. The van der Waals surface area contributed by atoms with Crippen molar-refractivity contribution < 1.29 is 24.5 Å². The number of amides is 1. The van der Waals surface area contributed by atoms with Crippen LogP contribution in [0.25, 0.3) is 22.3 Å². The van der Waals surface area contributed by atoms with E-state index in [0.29, 0.717) is 36.1 Å². The normalized spacial score (nSPS) is 13.9. The number of halogens is 1. The monoisotopic (exact) mass is 483 g/mol. The molecular weight excluding hydrogens is 457 g/mol. The number of hydrogen-bond acceptors (Lipinski definition) is 4. The lowest BCUT2D eigenvalue weighted by Gasteiger charge is -2.31. The first-order valence-corrected chi connectivity index (χ1v) is 11.9. The Morgan fingerprint density at radius 2 is 1.58 bits per heavy atom. The first-order chi connectivity index (χ1) is 17.4. The van der Waals surface area contributed by atoms with E-state index in [4.69, 9.17) is 0 Å². The summed E-state index contributed by atoms with van der Waals surface area (Å²) < 4.78 is 14.2. The molecule has 0 aliphatic carbocycles. The van der Waals surface area contributed by atoms with Gasteiger partial charge in [0.05, 0.1) is 6.10 Å². The lowest BCUT2D eigenvalue weighted by atomic mass is 9.91. The maximum Gasteiger partial charge on any atom is 0.228 e. The van der Waals surface area contributed by atoms with Crippen LogP contribution in [0.4, 0.5) is 10.1 Å². The molecule has 4 aromatic rings. The number of β-lactam (4-membered cyclic amide) rings is 1. The van der Waals surface area contributed by atoms with Gasteiger partial charge in [-0.25, -0.2) is 4.39 Å². The molecule has 5 rings (SSSR count). The van der Waals surface area contributed by atoms with Gasteiger partial charge in [0.15, 0.2) is 0 Å². The number of phenolic OH excluding ortho intramolecular Hbond substituents is 2. The number of anilines is 1. The maximum absolute atomic E-state index is 14.2. The number of hydrogen-bond donors (Lipinski definition) is 3. The molecule has 0 spiro atoms. The van der Waals surface area contributed by atoms with Crippen LogP contribution in [0.15, 0.2) is 84.9 Å². The average molecular weight is 484 g/mol. The van der Waals surface area contributed by atoms with Crippen LogP contribution in [-0.2, 0) is 11.2 Å². The molecule has 0 saturated carbocycles. The first kappa shape index (κ1) is 23.6. The van der Waals surface area contributed by atoms with E-state index < -0.39 is 11.9 Å². The summed E-state index contributed by atoms with van der Waals surface area (Å²) in [5, 5.41) is 31.8. The Hall–Kier alpha value is -4.16. The number of carbonyl (C=O) groups excluding carboxylic acids is 1. The maximum atomic E-state index is 14.2. The van der Waals surface area contributed by atoms with Crippen LogP contribution < -0.4 is 4.90 Å². The zero-order valence-electron chi connectivity index (χ0n) is 19.6. The van der Waals surface area contributed by atoms with Crippen LogP contribution in [-0.4, -0.2) is 27.8 Å². The van der Waals surface area contributed by atoms with Crippen molar-refractivity contribution >= 4 is 11.6 Å². The van der Waals surface area contributed by atoms with E-state index >= 15 is 0 Å². The number of carbonyl (C=O) groups is 1. The molecule has 3 N–H and O–H groups in total. The SMILES string of the molecule is O=C1CCN1c1ccc(-c2ccc(-c3ccccc3O)cc2O)c(CC[C@H](O)c2ccccc2F)c1. The van der Waals surface area contributed by atoms with Gasteiger partial charge >= 0.3 is 0 Å². The number of rotatable bonds is 7. The molecule has 1 aliphatic rings. The molecule has 36 heavy (non-hydrogen) atoms. The van der Waals surface area contributed by atoms with Gasteiger partial charge in [0.1, 0.15) is 17.3 Å². The molecule has 1 atom stereocenters. The zero-order chi connectivity index (χ0) is 25.2. The molecule has 1 amide bonds. The second-order valence-electron chi connectivity index (χ2n) is 8.96. The van der Waals surface area contributed by atoms with Crippen molar-refractivity contribution in [2.24, 2.45) is 0 Å². The van der Waals surface area contributed by atoms with Crippen molar-refractivity contribution in [1.82, 2.24) is 0 Å². The van der Waals surface area contributed by atoms with Crippen LogP contribution in [0.5, 0.6) is 11.5 Å². The van der Waals surface area contributed by atoms with Gasteiger partial charge in [0, 0.05) is 35.3 Å². The minimum atomic E-state index is -0.995. The Balaban J connectivity index is 1.49. The van der Waals surface area contributed by atoms with Crippen LogP contribution in [0.1, 0.15) is 30.1 Å². The van der Waals surface area contributed by atoms with Crippen molar-refractivity contribution in [3.05, 3.63) is 102 Å². The van der Waals surface area contributed by atoms with E-state index in [1.807, 2.05) is 30.3 Å². The third kappa shape index (κ3) is 4.55. The van der Waals surface area contributed by atoms with Crippen molar-refractivity contribution in [3.8, 4) is 33.8 Å². The summed E-state index contributed by atoms with van der Waals surface area (Å²) in [5.41, 5.74) is 4.46. The Bertz CT molecular complexity index is 1430. The van der Waals surface area contributed by atoms with E-state index in [1.165, 1.54) is 6.07 Å². The number of phenols is 2. The fourth-order valence-corrected chi connectivity index (χ4v) is 4.64. The summed E-state index contributed by atoms with van der Waals surface area (Å²) in [6, 6.07) is 23.9. The fraction of sp³-hybridized carbons (Fsp3) is 0.167. The molecular formula is C30H26FNO4. The molecule has 0 unspecified atom stereocenters. The van der Waals surface area contributed by atoms with E-state index in [2.05, 4.69) is 0 Å². The topological polar surface area (TPSA) is 81.0 Å². The Morgan fingerprint density at radius 3 is 2.28 bits per heavy atom. The molecule has 0 radical (unpaired) electrons. The lowest BCUT2D eigenvalue weighted by molar-refractivity contribution is -0.122. The lowest BCUT2D eigenvalue weighted by Crippen LogP contribution is -2.43. The van der Waals surface area contributed by atoms with Crippen molar-refractivity contribution in [2.45, 2.75) is 25.4 Å². The predicted molar refractivity (Wildman–Crippen MR) is 137 cm³/mol. The first-order valence-electron chi connectivity index (χ1n) is 11.9. The number of para-hydroxylation sites is 1. The molecule has 0 bridgehead atoms. The average Bonchev–Trinajstić information content (AvgIpc) is 2.87. The molecule has 1 fully saturated rings. The highest BCUT2D eigenvalue weighted by molar-refractivity contribution is 5.99. The molecule has 182 valence electrons. The molecule has 0 aromatic heterocycles. The van der Waals surface area contributed by atoms with Crippen molar-refractivity contribution in [2.75, 3.05) is 11.4 Å². The minimum absolute atomic E-state index is 0.0411. The second kappa shape index (κ2) is 9.84. The third-order valence-corrected chi connectivity index (χ3v) is 6.71. The van der Waals surface area contributed by atoms with E-state index in [0.717, 1.165) is 16.8 Å². The van der Waals surface area contributed by atoms with Crippen LogP contribution in [0.3, 0.4) is 0 Å². The Kier molecular flexibility index (Phi) is 6.44. The largest absolute Gasteiger partial charge is 0.507 e. The standard InChI is InChI=1S/C30H26FNO4/c31-26-7-3-1-6-25(26)28(34)14-10-19-17-21(32-16-15-30(32)36)11-13-22(19)24-12-9-20(18-29(24)35)23-5-2-4-8-27(23)33/h1-9,11-13,17-18,28,33-35H,10,14-16H2/t28-/m0/s1. The number of aromatic hydroxyl groups is 2. The number of aryl methyl sites for hydroxylation is 1. The summed E-state index contributed by atoms with van der Waals surface area (Å²) in [6.45, 7) is 0.649. The summed E-state index contributed by atoms with van der Waals surface area (Å²) in [5.74, 6) is -0.243. The Labute approximate surface area is 208 Å². The van der Waals surface area contributed by atoms with E-state index in [9.17, 15) is 24.5 Å². The zero-order valence-corrected chi connectivity index (χ0v) is 19.6. The highest BCUT2D eigenvalue weighted by atomic mass is 19.1. The van der Waals surface area contributed by atoms with E-state index in [-0.39, 0.29) is 29.4 Å².